The summed E-state index contributed by atoms with van der Waals surface area (Å²) < 4.78 is 0. The molecule has 94 valence electrons. The molecule has 0 radical (unpaired) electrons. The number of likely N-dealkylation sites (N-methyl/N-ethyl adjacent to an activating group) is 1. The van der Waals surface area contributed by atoms with Crippen LogP contribution in [0.2, 0.25) is 5.02 Å². The Morgan fingerprint density at radius 1 is 1.28 bits per heavy atom. The number of nitrogen functional groups attached to an aromatic ring is 1. The highest BCUT2D eigenvalue weighted by Gasteiger charge is 2.10. The molecule has 0 saturated carbocycles. The topological polar surface area (TPSA) is 67.9 Å². The molecule has 0 aliphatic rings. The van der Waals surface area contributed by atoms with Crippen molar-refractivity contribution in [3.05, 3.63) is 41.4 Å². The van der Waals surface area contributed by atoms with Gasteiger partial charge < -0.3 is 10.6 Å². The Bertz CT molecular complexity index is 517. The van der Waals surface area contributed by atoms with E-state index >= 15 is 0 Å². The summed E-state index contributed by atoms with van der Waals surface area (Å²) in [6, 6.07) is 3.98. The van der Waals surface area contributed by atoms with Crippen LogP contribution >= 0.6 is 11.6 Å². The molecule has 2 aromatic heterocycles. The van der Waals surface area contributed by atoms with Gasteiger partial charge >= 0.3 is 0 Å². The molecule has 0 amide bonds. The van der Waals surface area contributed by atoms with Crippen LogP contribution in [0.4, 0.5) is 11.6 Å². The standard InChI is InChI=1S/C12H14ClN5/c1-18(7-4-9-2-5-15-6-3-9)12-10(13)11(14)16-8-17-12/h2-3,5-6,8H,4,7H2,1H3,(H2,14,16,17). The predicted octanol–water partition coefficient (Wildman–Crippen LogP) is 1.79. The quantitative estimate of drug-likeness (QED) is 0.911. The van der Waals surface area contributed by atoms with E-state index in [4.69, 9.17) is 17.3 Å². The molecule has 0 aromatic carbocycles. The van der Waals surface area contributed by atoms with Gasteiger partial charge in [0.2, 0.25) is 0 Å². The molecule has 6 heteroatoms. The minimum Gasteiger partial charge on any atom is -0.382 e. The van der Waals surface area contributed by atoms with Crippen LogP contribution in [0.1, 0.15) is 5.56 Å². The van der Waals surface area contributed by atoms with Crippen LogP contribution < -0.4 is 10.6 Å². The number of anilines is 2. The second-order valence-electron chi connectivity index (χ2n) is 3.92. The van der Waals surface area contributed by atoms with Gasteiger partial charge in [-0.1, -0.05) is 11.6 Å². The highest BCUT2D eigenvalue weighted by atomic mass is 35.5. The molecule has 5 nitrogen and oxygen atoms in total. The van der Waals surface area contributed by atoms with Crippen molar-refractivity contribution < 1.29 is 0 Å². The van der Waals surface area contributed by atoms with Gasteiger partial charge in [-0.25, -0.2) is 9.97 Å². The van der Waals surface area contributed by atoms with E-state index in [-0.39, 0.29) is 0 Å². The molecule has 0 saturated heterocycles. The van der Waals surface area contributed by atoms with Gasteiger partial charge in [-0.3, -0.25) is 4.98 Å². The van der Waals surface area contributed by atoms with Crippen molar-refractivity contribution in [3.63, 3.8) is 0 Å². The van der Waals surface area contributed by atoms with Crippen LogP contribution in [0.3, 0.4) is 0 Å². The Hall–Kier alpha value is -1.88. The summed E-state index contributed by atoms with van der Waals surface area (Å²) in [7, 11) is 1.93. The van der Waals surface area contributed by atoms with Crippen LogP contribution in [-0.4, -0.2) is 28.5 Å². The van der Waals surface area contributed by atoms with Gasteiger partial charge in [0.05, 0.1) is 0 Å². The fraction of sp³-hybridized carbons (Fsp3) is 0.250. The molecule has 18 heavy (non-hydrogen) atoms. The average Bonchev–Trinajstić information content (AvgIpc) is 2.40. The van der Waals surface area contributed by atoms with Crippen molar-refractivity contribution >= 4 is 23.2 Å². The minimum atomic E-state index is 0.303. The molecule has 0 bridgehead atoms. The third kappa shape index (κ3) is 2.87. The van der Waals surface area contributed by atoms with E-state index in [0.29, 0.717) is 16.7 Å². The van der Waals surface area contributed by atoms with E-state index in [9.17, 15) is 0 Å². The maximum absolute atomic E-state index is 6.07. The molecule has 0 fully saturated rings. The van der Waals surface area contributed by atoms with Crippen molar-refractivity contribution in [1.29, 1.82) is 0 Å². The maximum Gasteiger partial charge on any atom is 0.152 e. The van der Waals surface area contributed by atoms with Crippen LogP contribution in [-0.2, 0) is 6.42 Å². The van der Waals surface area contributed by atoms with Crippen LogP contribution in [0.25, 0.3) is 0 Å². The first-order valence-corrected chi connectivity index (χ1v) is 5.92. The fourth-order valence-electron chi connectivity index (χ4n) is 1.59. The highest BCUT2D eigenvalue weighted by Crippen LogP contribution is 2.25. The van der Waals surface area contributed by atoms with E-state index in [0.717, 1.165) is 13.0 Å². The monoisotopic (exact) mass is 263 g/mol. The van der Waals surface area contributed by atoms with E-state index < -0.39 is 0 Å². The van der Waals surface area contributed by atoms with Crippen molar-refractivity contribution in [2.45, 2.75) is 6.42 Å². The first kappa shape index (κ1) is 12.6. The summed E-state index contributed by atoms with van der Waals surface area (Å²) in [4.78, 5) is 13.9. The zero-order chi connectivity index (χ0) is 13.0. The molecule has 0 aliphatic heterocycles. The number of hydrogen-bond acceptors (Lipinski definition) is 5. The Kier molecular flexibility index (Phi) is 3.94. The molecular weight excluding hydrogens is 250 g/mol. The number of aromatic nitrogens is 3. The second-order valence-corrected chi connectivity index (χ2v) is 4.30. The highest BCUT2D eigenvalue weighted by molar-refractivity contribution is 6.35. The Balaban J connectivity index is 2.04. The minimum absolute atomic E-state index is 0.303. The summed E-state index contributed by atoms with van der Waals surface area (Å²) >= 11 is 6.07. The smallest absolute Gasteiger partial charge is 0.152 e. The van der Waals surface area contributed by atoms with Gasteiger partial charge in [0.25, 0.3) is 0 Å². The summed E-state index contributed by atoms with van der Waals surface area (Å²) in [5, 5.41) is 0.398. The van der Waals surface area contributed by atoms with Crippen LogP contribution in [0, 0.1) is 0 Å². The Morgan fingerprint density at radius 3 is 2.72 bits per heavy atom. The first-order valence-electron chi connectivity index (χ1n) is 5.54. The van der Waals surface area contributed by atoms with Gasteiger partial charge in [-0.2, -0.15) is 0 Å². The van der Waals surface area contributed by atoms with Crippen LogP contribution in [0.5, 0.6) is 0 Å². The molecule has 2 rings (SSSR count). The van der Waals surface area contributed by atoms with E-state index in [1.165, 1.54) is 11.9 Å². The van der Waals surface area contributed by atoms with E-state index in [2.05, 4.69) is 15.0 Å². The van der Waals surface area contributed by atoms with Gasteiger partial charge in [-0.15, -0.1) is 0 Å². The molecule has 2 aromatic rings. The zero-order valence-electron chi connectivity index (χ0n) is 10.0. The normalized spacial score (nSPS) is 10.3. The summed E-state index contributed by atoms with van der Waals surface area (Å²) in [6.45, 7) is 0.792. The van der Waals surface area contributed by atoms with E-state index in [1.54, 1.807) is 12.4 Å². The number of rotatable bonds is 4. The lowest BCUT2D eigenvalue weighted by Gasteiger charge is -2.19. The van der Waals surface area contributed by atoms with Gasteiger partial charge in [0, 0.05) is 26.0 Å². The number of hydrogen-bond donors (Lipinski definition) is 1. The lowest BCUT2D eigenvalue weighted by molar-refractivity contribution is 0.855. The average molecular weight is 264 g/mol. The maximum atomic E-state index is 6.07. The largest absolute Gasteiger partial charge is 0.382 e. The predicted molar refractivity (Wildman–Crippen MR) is 72.7 cm³/mol. The summed E-state index contributed by atoms with van der Waals surface area (Å²) in [5.41, 5.74) is 6.87. The molecule has 0 aliphatic carbocycles. The van der Waals surface area contributed by atoms with Crippen molar-refractivity contribution in [3.8, 4) is 0 Å². The Morgan fingerprint density at radius 2 is 2.00 bits per heavy atom. The fourth-order valence-corrected chi connectivity index (χ4v) is 1.83. The molecule has 2 heterocycles. The molecule has 2 N–H and O–H groups in total. The third-order valence-corrected chi connectivity index (χ3v) is 3.01. The lowest BCUT2D eigenvalue weighted by Crippen LogP contribution is -2.22. The lowest BCUT2D eigenvalue weighted by atomic mass is 10.2. The van der Waals surface area contributed by atoms with Gasteiger partial charge in [0.1, 0.15) is 17.2 Å². The van der Waals surface area contributed by atoms with Gasteiger partial charge in [0.15, 0.2) is 5.82 Å². The number of nitrogens with zero attached hydrogens (tertiary/aromatic N) is 4. The van der Waals surface area contributed by atoms with Crippen molar-refractivity contribution in [2.24, 2.45) is 0 Å². The van der Waals surface area contributed by atoms with Crippen molar-refractivity contribution in [1.82, 2.24) is 15.0 Å². The molecular formula is C12H14ClN5. The number of halogens is 1. The second kappa shape index (κ2) is 5.64. The number of pyridine rings is 1. The molecule has 0 atom stereocenters. The van der Waals surface area contributed by atoms with Gasteiger partial charge in [-0.05, 0) is 24.1 Å². The first-order chi connectivity index (χ1) is 8.68. The SMILES string of the molecule is CN(CCc1ccncc1)c1ncnc(N)c1Cl. The number of nitrogens with two attached hydrogens (primary N) is 1. The zero-order valence-corrected chi connectivity index (χ0v) is 10.8. The summed E-state index contributed by atoms with van der Waals surface area (Å²) in [5.74, 6) is 0.954. The molecule has 0 unspecified atom stereocenters. The van der Waals surface area contributed by atoms with Crippen molar-refractivity contribution in [2.75, 3.05) is 24.2 Å². The van der Waals surface area contributed by atoms with E-state index in [1.807, 2.05) is 24.1 Å². The third-order valence-electron chi connectivity index (χ3n) is 2.64. The molecule has 0 spiro atoms. The van der Waals surface area contributed by atoms with Crippen LogP contribution in [0.15, 0.2) is 30.9 Å². The Labute approximate surface area is 111 Å². The summed E-state index contributed by atoms with van der Waals surface area (Å²) in [6.07, 6.45) is 5.87.